The molecule has 23 heavy (non-hydrogen) atoms. The molecule has 1 heterocycles. The molecule has 1 aromatic heterocycles. The summed E-state index contributed by atoms with van der Waals surface area (Å²) < 4.78 is 6.12. The van der Waals surface area contributed by atoms with Gasteiger partial charge >= 0.3 is 11.8 Å². The van der Waals surface area contributed by atoms with E-state index in [-0.39, 0.29) is 0 Å². The molecule has 0 radical (unpaired) electrons. The highest BCUT2D eigenvalue weighted by atomic mass is 79.9. The lowest BCUT2D eigenvalue weighted by Gasteiger charge is -2.08. The Labute approximate surface area is 141 Å². The molecule has 2 amide bonds. The van der Waals surface area contributed by atoms with Crippen molar-refractivity contribution in [3.05, 3.63) is 52.4 Å². The van der Waals surface area contributed by atoms with Crippen LogP contribution in [0.1, 0.15) is 11.3 Å². The van der Waals surface area contributed by atoms with E-state index in [4.69, 9.17) is 4.42 Å². The van der Waals surface area contributed by atoms with Crippen molar-refractivity contribution in [2.75, 3.05) is 12.4 Å². The smallest absolute Gasteiger partial charge is 0.329 e. The molecule has 2 rings (SSSR count). The number of rotatable bonds is 5. The average Bonchev–Trinajstić information content (AvgIpc) is 3.06. The summed E-state index contributed by atoms with van der Waals surface area (Å²) in [4.78, 5) is 22.4. The molecule has 0 saturated heterocycles. The maximum atomic E-state index is 11.3. The minimum absolute atomic E-state index is 0.514. The minimum Gasteiger partial charge on any atom is -0.467 e. The van der Waals surface area contributed by atoms with Crippen molar-refractivity contribution in [3.8, 4) is 0 Å². The zero-order chi connectivity index (χ0) is 16.7. The quantitative estimate of drug-likeness (QED) is 0.420. The van der Waals surface area contributed by atoms with E-state index in [1.165, 1.54) is 13.3 Å². The maximum absolute atomic E-state index is 11.3. The Hall–Kier alpha value is -2.61. The van der Waals surface area contributed by atoms with Crippen LogP contribution in [-0.2, 0) is 16.1 Å². The third-order valence-electron chi connectivity index (χ3n) is 2.85. The SMILES string of the molecule is CNC(=O)C(=O)N/N=C\c1cc(Br)ccc1NCc1ccco1. The van der Waals surface area contributed by atoms with Crippen molar-refractivity contribution >= 4 is 39.6 Å². The molecule has 0 aliphatic heterocycles. The summed E-state index contributed by atoms with van der Waals surface area (Å²) in [6.07, 6.45) is 3.06. The molecule has 0 spiro atoms. The maximum Gasteiger partial charge on any atom is 0.329 e. The number of amides is 2. The highest BCUT2D eigenvalue weighted by Gasteiger charge is 2.09. The molecule has 120 valence electrons. The summed E-state index contributed by atoms with van der Waals surface area (Å²) in [6.45, 7) is 0.514. The number of hydrazone groups is 1. The Bertz CT molecular complexity index is 714. The fraction of sp³-hybridized carbons (Fsp3) is 0.133. The lowest BCUT2D eigenvalue weighted by molar-refractivity contribution is -0.138. The number of anilines is 1. The van der Waals surface area contributed by atoms with Crippen LogP contribution in [0.5, 0.6) is 0 Å². The van der Waals surface area contributed by atoms with Gasteiger partial charge in [-0.3, -0.25) is 9.59 Å². The Morgan fingerprint density at radius 1 is 1.30 bits per heavy atom. The van der Waals surface area contributed by atoms with Crippen LogP contribution in [0.15, 0.2) is 50.6 Å². The molecule has 0 atom stereocenters. The average molecular weight is 379 g/mol. The van der Waals surface area contributed by atoms with Crippen LogP contribution in [0.2, 0.25) is 0 Å². The molecule has 0 saturated carbocycles. The first-order valence-electron chi connectivity index (χ1n) is 6.71. The summed E-state index contributed by atoms with van der Waals surface area (Å²) in [5.41, 5.74) is 3.70. The van der Waals surface area contributed by atoms with Crippen LogP contribution in [0.25, 0.3) is 0 Å². The predicted molar refractivity (Wildman–Crippen MR) is 90.0 cm³/mol. The standard InChI is InChI=1S/C15H15BrN4O3/c1-17-14(21)15(22)20-19-8-10-7-11(16)4-5-13(10)18-9-12-3-2-6-23-12/h2-8,18H,9H2,1H3,(H,17,21)(H,20,22)/b19-8-. The number of hydrogen-bond acceptors (Lipinski definition) is 5. The van der Waals surface area contributed by atoms with E-state index < -0.39 is 11.8 Å². The molecule has 2 aromatic rings. The number of benzene rings is 1. The fourth-order valence-electron chi connectivity index (χ4n) is 1.72. The largest absolute Gasteiger partial charge is 0.467 e. The van der Waals surface area contributed by atoms with Gasteiger partial charge in [-0.05, 0) is 30.3 Å². The lowest BCUT2D eigenvalue weighted by Crippen LogP contribution is -2.35. The third-order valence-corrected chi connectivity index (χ3v) is 3.34. The summed E-state index contributed by atoms with van der Waals surface area (Å²) in [5, 5.41) is 9.22. The van der Waals surface area contributed by atoms with Crippen molar-refractivity contribution in [1.29, 1.82) is 0 Å². The van der Waals surface area contributed by atoms with Gasteiger partial charge in [0.25, 0.3) is 0 Å². The van der Waals surface area contributed by atoms with Gasteiger partial charge in [-0.25, -0.2) is 5.43 Å². The molecule has 1 aromatic carbocycles. The normalized spacial score (nSPS) is 10.5. The Morgan fingerprint density at radius 2 is 2.13 bits per heavy atom. The van der Waals surface area contributed by atoms with Gasteiger partial charge < -0.3 is 15.1 Å². The van der Waals surface area contributed by atoms with Crippen molar-refractivity contribution in [2.45, 2.75) is 6.54 Å². The Morgan fingerprint density at radius 3 is 2.83 bits per heavy atom. The van der Waals surface area contributed by atoms with E-state index >= 15 is 0 Å². The number of carbonyl (C=O) groups excluding carboxylic acids is 2. The van der Waals surface area contributed by atoms with Gasteiger partial charge in [-0.1, -0.05) is 15.9 Å². The van der Waals surface area contributed by atoms with Gasteiger partial charge in [0.1, 0.15) is 5.76 Å². The summed E-state index contributed by atoms with van der Waals surface area (Å²) in [5.74, 6) is -0.792. The van der Waals surface area contributed by atoms with Gasteiger partial charge in [0.05, 0.1) is 19.0 Å². The van der Waals surface area contributed by atoms with Crippen LogP contribution in [0.3, 0.4) is 0 Å². The van der Waals surface area contributed by atoms with Crippen molar-refractivity contribution in [2.24, 2.45) is 5.10 Å². The highest BCUT2D eigenvalue weighted by Crippen LogP contribution is 2.20. The van der Waals surface area contributed by atoms with Crippen molar-refractivity contribution in [1.82, 2.24) is 10.7 Å². The first-order valence-corrected chi connectivity index (χ1v) is 7.50. The summed E-state index contributed by atoms with van der Waals surface area (Å²) >= 11 is 3.38. The fourth-order valence-corrected chi connectivity index (χ4v) is 2.10. The van der Waals surface area contributed by atoms with Crippen LogP contribution < -0.4 is 16.1 Å². The molecule has 7 nitrogen and oxygen atoms in total. The van der Waals surface area contributed by atoms with Gasteiger partial charge in [0.2, 0.25) is 0 Å². The van der Waals surface area contributed by atoms with Crippen molar-refractivity contribution in [3.63, 3.8) is 0 Å². The first-order chi connectivity index (χ1) is 11.1. The molecule has 0 aliphatic carbocycles. The first kappa shape index (κ1) is 16.8. The monoisotopic (exact) mass is 378 g/mol. The second kappa shape index (κ2) is 8.14. The Balaban J connectivity index is 2.06. The van der Waals surface area contributed by atoms with Crippen LogP contribution in [-0.4, -0.2) is 25.1 Å². The van der Waals surface area contributed by atoms with Gasteiger partial charge in [0, 0.05) is 22.8 Å². The molecule has 0 bridgehead atoms. The number of nitrogens with zero attached hydrogens (tertiary/aromatic N) is 1. The van der Waals surface area contributed by atoms with Crippen molar-refractivity contribution < 1.29 is 14.0 Å². The minimum atomic E-state index is -0.830. The molecule has 3 N–H and O–H groups in total. The van der Waals surface area contributed by atoms with Gasteiger partial charge in [-0.2, -0.15) is 5.10 Å². The number of likely N-dealkylation sites (N-methyl/N-ethyl adjacent to an activating group) is 1. The highest BCUT2D eigenvalue weighted by molar-refractivity contribution is 9.10. The van der Waals surface area contributed by atoms with E-state index in [0.717, 1.165) is 21.5 Å². The molecule has 0 fully saturated rings. The lowest BCUT2D eigenvalue weighted by atomic mass is 10.2. The summed E-state index contributed by atoms with van der Waals surface area (Å²) in [6, 6.07) is 9.26. The molecule has 8 heteroatoms. The Kier molecular flexibility index (Phi) is 5.93. The third kappa shape index (κ3) is 4.96. The van der Waals surface area contributed by atoms with Gasteiger partial charge in [-0.15, -0.1) is 0 Å². The van der Waals surface area contributed by atoms with E-state index in [1.54, 1.807) is 6.26 Å². The second-order valence-corrected chi connectivity index (χ2v) is 5.36. The van der Waals surface area contributed by atoms with Gasteiger partial charge in [0.15, 0.2) is 0 Å². The van der Waals surface area contributed by atoms with Crippen LogP contribution in [0, 0.1) is 0 Å². The number of carbonyl (C=O) groups is 2. The van der Waals surface area contributed by atoms with E-state index in [1.807, 2.05) is 30.3 Å². The zero-order valence-electron chi connectivity index (χ0n) is 12.3. The number of furan rings is 1. The second-order valence-electron chi connectivity index (χ2n) is 4.44. The molecule has 0 aliphatic rings. The molecule has 0 unspecified atom stereocenters. The van der Waals surface area contributed by atoms with Crippen LogP contribution in [0.4, 0.5) is 5.69 Å². The number of hydrogen-bond donors (Lipinski definition) is 3. The van der Waals surface area contributed by atoms with E-state index in [2.05, 4.69) is 37.1 Å². The molecular formula is C15H15BrN4O3. The van der Waals surface area contributed by atoms with Crippen LogP contribution >= 0.6 is 15.9 Å². The van der Waals surface area contributed by atoms with E-state index in [9.17, 15) is 9.59 Å². The topological polar surface area (TPSA) is 95.7 Å². The number of nitrogens with one attached hydrogen (secondary N) is 3. The van der Waals surface area contributed by atoms with E-state index in [0.29, 0.717) is 6.54 Å². The zero-order valence-corrected chi connectivity index (χ0v) is 13.9. The number of halogens is 1. The summed E-state index contributed by atoms with van der Waals surface area (Å²) in [7, 11) is 1.37. The molecular weight excluding hydrogens is 364 g/mol. The predicted octanol–water partition coefficient (Wildman–Crippen LogP) is 1.85.